The van der Waals surface area contributed by atoms with Gasteiger partial charge in [-0.25, -0.2) is 4.98 Å². The number of carbonyl (C=O) groups excluding carboxylic acids is 1. The molecule has 0 spiro atoms. The Bertz CT molecular complexity index is 516. The van der Waals surface area contributed by atoms with Crippen LogP contribution in [0.1, 0.15) is 24.3 Å². The summed E-state index contributed by atoms with van der Waals surface area (Å²) in [5, 5.41) is 0.562. The minimum Gasteiger partial charge on any atom is -0.377 e. The van der Waals surface area contributed by atoms with Crippen molar-refractivity contribution in [3.8, 4) is 0 Å². The van der Waals surface area contributed by atoms with Crippen LogP contribution in [0.25, 0.3) is 0 Å². The molecule has 18 heavy (non-hydrogen) atoms. The van der Waals surface area contributed by atoms with Crippen LogP contribution in [0.3, 0.4) is 0 Å². The molecule has 0 saturated carbocycles. The molecule has 1 unspecified atom stereocenters. The van der Waals surface area contributed by atoms with Gasteiger partial charge in [-0.3, -0.25) is 4.79 Å². The number of ether oxygens (including phenoxy) is 1. The van der Waals surface area contributed by atoms with Crippen molar-refractivity contribution < 1.29 is 9.53 Å². The molecule has 1 fully saturated rings. The Morgan fingerprint density at radius 3 is 3.11 bits per heavy atom. The molecule has 0 aromatic carbocycles. The van der Waals surface area contributed by atoms with Crippen molar-refractivity contribution in [3.63, 3.8) is 0 Å². The van der Waals surface area contributed by atoms with E-state index in [0.29, 0.717) is 23.9 Å². The summed E-state index contributed by atoms with van der Waals surface area (Å²) in [4.78, 5) is 18.9. The van der Waals surface area contributed by atoms with E-state index < -0.39 is 5.41 Å². The third-order valence-electron chi connectivity index (χ3n) is 3.91. The summed E-state index contributed by atoms with van der Waals surface area (Å²) in [6.07, 6.45) is 1.54. The molecule has 0 radical (unpaired) electrons. The Kier molecular flexibility index (Phi) is 2.61. The second-order valence-corrected chi connectivity index (χ2v) is 5.79. The van der Waals surface area contributed by atoms with Crippen molar-refractivity contribution >= 4 is 23.1 Å². The SMILES string of the molecule is CC1(C)C(=O)c2ncc(Cl)cc2N2CCOCC21. The number of pyridine rings is 1. The highest BCUT2D eigenvalue weighted by atomic mass is 35.5. The maximum absolute atomic E-state index is 12.5. The molecule has 1 atom stereocenters. The number of nitrogens with zero attached hydrogens (tertiary/aromatic N) is 2. The van der Waals surface area contributed by atoms with Crippen LogP contribution < -0.4 is 4.90 Å². The van der Waals surface area contributed by atoms with Gasteiger partial charge in [-0.05, 0) is 6.07 Å². The van der Waals surface area contributed by atoms with E-state index in [1.807, 2.05) is 19.9 Å². The lowest BCUT2D eigenvalue weighted by molar-refractivity contribution is 0.0410. The Labute approximate surface area is 111 Å². The topological polar surface area (TPSA) is 42.4 Å². The van der Waals surface area contributed by atoms with Crippen LogP contribution in [0.2, 0.25) is 5.02 Å². The molecular formula is C13H15ClN2O2. The van der Waals surface area contributed by atoms with Crippen molar-refractivity contribution in [3.05, 3.63) is 23.0 Å². The monoisotopic (exact) mass is 266 g/mol. The van der Waals surface area contributed by atoms with Gasteiger partial charge in [0.2, 0.25) is 0 Å². The van der Waals surface area contributed by atoms with Crippen molar-refractivity contribution in [1.29, 1.82) is 0 Å². The number of aromatic nitrogens is 1. The zero-order valence-corrected chi connectivity index (χ0v) is 11.2. The molecule has 1 aromatic rings. The fraction of sp³-hybridized carbons (Fsp3) is 0.538. The van der Waals surface area contributed by atoms with Crippen LogP contribution in [-0.4, -0.2) is 36.6 Å². The van der Waals surface area contributed by atoms with Crippen LogP contribution in [0.4, 0.5) is 5.69 Å². The highest BCUT2D eigenvalue weighted by molar-refractivity contribution is 6.31. The Balaban J connectivity index is 2.18. The standard InChI is InChI=1S/C13H15ClN2O2/c1-13(2)10-7-18-4-3-16(10)9-5-8(14)6-15-11(9)12(13)17/h5-6,10H,3-4,7H2,1-2H3. The minimum absolute atomic E-state index is 0.0616. The zero-order chi connectivity index (χ0) is 12.9. The van der Waals surface area contributed by atoms with Crippen molar-refractivity contribution in [2.45, 2.75) is 19.9 Å². The molecule has 2 aliphatic heterocycles. The second-order valence-electron chi connectivity index (χ2n) is 5.36. The fourth-order valence-electron chi connectivity index (χ4n) is 2.77. The number of anilines is 1. The van der Waals surface area contributed by atoms with Gasteiger partial charge in [0.15, 0.2) is 5.78 Å². The summed E-state index contributed by atoms with van der Waals surface area (Å²) < 4.78 is 5.52. The maximum Gasteiger partial charge on any atom is 0.191 e. The lowest BCUT2D eigenvalue weighted by Crippen LogP contribution is -2.59. The first-order valence-corrected chi connectivity index (χ1v) is 6.44. The van der Waals surface area contributed by atoms with Gasteiger partial charge in [0.05, 0.1) is 35.4 Å². The molecule has 96 valence electrons. The average molecular weight is 267 g/mol. The number of morpholine rings is 1. The van der Waals surface area contributed by atoms with E-state index in [1.54, 1.807) is 0 Å². The Hall–Kier alpha value is -1.13. The normalized spacial score (nSPS) is 25.6. The van der Waals surface area contributed by atoms with E-state index in [4.69, 9.17) is 16.3 Å². The lowest BCUT2D eigenvalue weighted by atomic mass is 9.74. The van der Waals surface area contributed by atoms with Gasteiger partial charge >= 0.3 is 0 Å². The minimum atomic E-state index is -0.478. The molecule has 3 rings (SSSR count). The van der Waals surface area contributed by atoms with Gasteiger partial charge in [0, 0.05) is 12.7 Å². The molecule has 0 N–H and O–H groups in total. The Morgan fingerprint density at radius 1 is 1.56 bits per heavy atom. The predicted octanol–water partition coefficient (Wildman–Crippen LogP) is 2.16. The number of fused-ring (bicyclic) bond motifs is 3. The fourth-order valence-corrected chi connectivity index (χ4v) is 2.92. The van der Waals surface area contributed by atoms with Gasteiger partial charge in [-0.2, -0.15) is 0 Å². The zero-order valence-electron chi connectivity index (χ0n) is 10.4. The van der Waals surface area contributed by atoms with Crippen LogP contribution in [0.15, 0.2) is 12.3 Å². The molecule has 0 aliphatic carbocycles. The first kappa shape index (κ1) is 11.9. The number of ketones is 1. The van der Waals surface area contributed by atoms with E-state index in [9.17, 15) is 4.79 Å². The van der Waals surface area contributed by atoms with E-state index in [2.05, 4.69) is 9.88 Å². The highest BCUT2D eigenvalue weighted by Gasteiger charge is 2.48. The summed E-state index contributed by atoms with van der Waals surface area (Å²) in [6.45, 7) is 5.94. The number of hydrogen-bond donors (Lipinski definition) is 0. The van der Waals surface area contributed by atoms with Gasteiger partial charge in [0.1, 0.15) is 5.69 Å². The largest absolute Gasteiger partial charge is 0.377 e. The number of halogens is 1. The third kappa shape index (κ3) is 1.56. The van der Waals surface area contributed by atoms with Crippen LogP contribution in [-0.2, 0) is 4.74 Å². The van der Waals surface area contributed by atoms with Gasteiger partial charge in [0.25, 0.3) is 0 Å². The van der Waals surface area contributed by atoms with Gasteiger partial charge in [-0.1, -0.05) is 25.4 Å². The van der Waals surface area contributed by atoms with E-state index in [1.165, 1.54) is 6.20 Å². The first-order valence-electron chi connectivity index (χ1n) is 6.06. The summed E-state index contributed by atoms with van der Waals surface area (Å²) in [5.41, 5.74) is 0.900. The van der Waals surface area contributed by atoms with Gasteiger partial charge < -0.3 is 9.64 Å². The average Bonchev–Trinajstić information content (AvgIpc) is 2.36. The summed E-state index contributed by atoms with van der Waals surface area (Å²) in [7, 11) is 0. The van der Waals surface area contributed by atoms with Crippen molar-refractivity contribution in [1.82, 2.24) is 4.98 Å². The van der Waals surface area contributed by atoms with Crippen LogP contribution in [0.5, 0.6) is 0 Å². The van der Waals surface area contributed by atoms with Crippen LogP contribution >= 0.6 is 11.6 Å². The second kappa shape index (κ2) is 3.93. The van der Waals surface area contributed by atoms with E-state index in [0.717, 1.165) is 12.2 Å². The summed E-state index contributed by atoms with van der Waals surface area (Å²) >= 11 is 5.99. The number of Topliss-reactive ketones (excluding diaryl/α,β-unsaturated/α-hetero) is 1. The number of rotatable bonds is 0. The van der Waals surface area contributed by atoms with Crippen molar-refractivity contribution in [2.75, 3.05) is 24.7 Å². The summed E-state index contributed by atoms with van der Waals surface area (Å²) in [5.74, 6) is 0.0703. The molecule has 0 bridgehead atoms. The smallest absolute Gasteiger partial charge is 0.191 e. The lowest BCUT2D eigenvalue weighted by Gasteiger charge is -2.48. The molecular weight excluding hydrogens is 252 g/mol. The molecule has 3 heterocycles. The number of carbonyl (C=O) groups is 1. The first-order chi connectivity index (χ1) is 8.51. The Morgan fingerprint density at radius 2 is 2.33 bits per heavy atom. The van der Waals surface area contributed by atoms with Crippen LogP contribution in [0, 0.1) is 5.41 Å². The quantitative estimate of drug-likeness (QED) is 0.722. The molecule has 1 saturated heterocycles. The summed E-state index contributed by atoms with van der Waals surface area (Å²) in [6, 6.07) is 1.89. The molecule has 2 aliphatic rings. The number of hydrogen-bond acceptors (Lipinski definition) is 4. The van der Waals surface area contributed by atoms with E-state index >= 15 is 0 Å². The van der Waals surface area contributed by atoms with E-state index in [-0.39, 0.29) is 11.8 Å². The maximum atomic E-state index is 12.5. The highest BCUT2D eigenvalue weighted by Crippen LogP contribution is 2.41. The molecule has 1 aromatic heterocycles. The van der Waals surface area contributed by atoms with Crippen molar-refractivity contribution in [2.24, 2.45) is 5.41 Å². The molecule has 4 nitrogen and oxygen atoms in total. The molecule has 0 amide bonds. The molecule has 5 heteroatoms. The van der Waals surface area contributed by atoms with Gasteiger partial charge in [-0.15, -0.1) is 0 Å². The predicted molar refractivity (Wildman–Crippen MR) is 69.3 cm³/mol. The third-order valence-corrected chi connectivity index (χ3v) is 4.11.